The van der Waals surface area contributed by atoms with Crippen molar-refractivity contribution < 1.29 is 35.9 Å². The summed E-state index contributed by atoms with van der Waals surface area (Å²) < 4.78 is 65.8. The lowest BCUT2D eigenvalue weighted by Crippen LogP contribution is -2.41. The van der Waals surface area contributed by atoms with Gasteiger partial charge in [-0.25, -0.2) is 16.8 Å². The Bertz CT molecular complexity index is 2320. The van der Waals surface area contributed by atoms with Crippen molar-refractivity contribution >= 4 is 87.5 Å². The van der Waals surface area contributed by atoms with Crippen LogP contribution in [0.5, 0.6) is 0 Å². The van der Waals surface area contributed by atoms with Gasteiger partial charge in [-0.2, -0.15) is 11.3 Å². The highest BCUT2D eigenvalue weighted by Crippen LogP contribution is 2.28. The summed E-state index contributed by atoms with van der Waals surface area (Å²) in [6.45, 7) is 4.32. The molecular weight excluding hydrogens is 865 g/mol. The Kier molecular flexibility index (Phi) is 13.5. The molecular formula is C36H36N8O8S6. The van der Waals surface area contributed by atoms with Crippen LogP contribution >= 0.6 is 45.3 Å². The lowest BCUT2D eigenvalue weighted by atomic mass is 10.1. The maximum absolute atomic E-state index is 12.6. The van der Waals surface area contributed by atoms with Crippen molar-refractivity contribution in [2.45, 2.75) is 22.6 Å². The van der Waals surface area contributed by atoms with Gasteiger partial charge in [-0.15, -0.1) is 31.7 Å². The molecule has 2 fully saturated rings. The lowest BCUT2D eigenvalue weighted by Gasteiger charge is -2.26. The van der Waals surface area contributed by atoms with Crippen molar-refractivity contribution in [3.8, 4) is 21.6 Å². The molecule has 4 aromatic heterocycles. The molecule has 0 spiro atoms. The van der Waals surface area contributed by atoms with Crippen molar-refractivity contribution in [1.82, 2.24) is 30.2 Å². The second-order valence-corrected chi connectivity index (χ2v) is 19.8. The van der Waals surface area contributed by atoms with Crippen molar-refractivity contribution in [3.05, 3.63) is 92.9 Å². The molecule has 2 aromatic carbocycles. The van der Waals surface area contributed by atoms with Crippen molar-refractivity contribution in [3.63, 3.8) is 0 Å². The zero-order chi connectivity index (χ0) is 40.5. The molecule has 6 aromatic rings. The smallest absolute Gasteiger partial charge is 0.263 e. The van der Waals surface area contributed by atoms with Crippen LogP contribution < -0.4 is 9.44 Å². The summed E-state index contributed by atoms with van der Waals surface area (Å²) >= 11 is 5.29. The minimum Gasteiger partial charge on any atom is -0.378 e. The first kappa shape index (κ1) is 41.5. The number of thiophene rings is 2. The summed E-state index contributed by atoms with van der Waals surface area (Å²) in [5.41, 5.74) is 2.95. The fourth-order valence-electron chi connectivity index (χ4n) is 5.68. The SMILES string of the molecule is O=C(Cc1nnc(NS(=O)(=O)c2ccc(-c3cccs3)cc2)s1)N1CCOCC1.O=C(Cc1nnc(NS(=O)(=O)c2ccc(-c3ccsc3)cc2)s1)N1CCOCC1. The zero-order valence-electron chi connectivity index (χ0n) is 30.6. The predicted octanol–water partition coefficient (Wildman–Crippen LogP) is 4.94. The third-order valence-electron chi connectivity index (χ3n) is 8.70. The molecule has 22 heteroatoms. The summed E-state index contributed by atoms with van der Waals surface area (Å²) in [6.07, 6.45) is 0.184. The number of anilines is 2. The summed E-state index contributed by atoms with van der Waals surface area (Å²) in [5, 5.41) is 22.8. The Balaban J connectivity index is 0.000000177. The minimum absolute atomic E-state index is 0.0666. The first-order valence-electron chi connectivity index (χ1n) is 17.7. The van der Waals surface area contributed by atoms with E-state index in [1.165, 1.54) is 0 Å². The molecule has 58 heavy (non-hydrogen) atoms. The average molecular weight is 901 g/mol. The van der Waals surface area contributed by atoms with E-state index >= 15 is 0 Å². The van der Waals surface area contributed by atoms with Crippen molar-refractivity contribution in [1.29, 1.82) is 0 Å². The number of carbonyl (C=O) groups excluding carboxylic acids is 2. The topological polar surface area (TPSA) is 203 Å². The summed E-state index contributed by atoms with van der Waals surface area (Å²) in [7, 11) is -7.57. The first-order valence-corrected chi connectivity index (χ1v) is 24.1. The molecule has 0 radical (unpaired) electrons. The molecule has 8 rings (SSSR count). The molecule has 2 N–H and O–H groups in total. The predicted molar refractivity (Wildman–Crippen MR) is 223 cm³/mol. The molecule has 0 atom stereocenters. The van der Waals surface area contributed by atoms with Gasteiger partial charge >= 0.3 is 0 Å². The third kappa shape index (κ3) is 10.9. The maximum atomic E-state index is 12.6. The Morgan fingerprint density at radius 2 is 1.09 bits per heavy atom. The number of rotatable bonds is 12. The fraction of sp³-hybridized carbons (Fsp3) is 0.278. The van der Waals surface area contributed by atoms with Gasteiger partial charge in [0.05, 0.1) is 49.1 Å². The van der Waals surface area contributed by atoms with Crippen molar-refractivity contribution in [2.24, 2.45) is 0 Å². The number of nitrogens with zero attached hydrogens (tertiary/aromatic N) is 6. The summed E-state index contributed by atoms with van der Waals surface area (Å²) in [5.74, 6) is -0.133. The first-order chi connectivity index (χ1) is 28.0. The number of hydrogen-bond donors (Lipinski definition) is 2. The van der Waals surface area contributed by atoms with E-state index in [0.717, 1.165) is 44.2 Å². The normalized spacial score (nSPS) is 14.7. The molecule has 16 nitrogen and oxygen atoms in total. The molecule has 2 amide bonds. The van der Waals surface area contributed by atoms with E-state index in [0.29, 0.717) is 62.6 Å². The van der Waals surface area contributed by atoms with Crippen LogP contribution in [0.4, 0.5) is 10.3 Å². The number of carbonyl (C=O) groups is 2. The third-order valence-corrected chi connectivity index (χ3v) is 14.9. The van der Waals surface area contributed by atoms with E-state index in [9.17, 15) is 26.4 Å². The van der Waals surface area contributed by atoms with E-state index in [1.54, 1.807) is 81.0 Å². The summed E-state index contributed by atoms with van der Waals surface area (Å²) in [6, 6.07) is 19.2. The zero-order valence-corrected chi connectivity index (χ0v) is 35.5. The highest BCUT2D eigenvalue weighted by Gasteiger charge is 2.23. The summed E-state index contributed by atoms with van der Waals surface area (Å²) in [4.78, 5) is 29.3. The largest absolute Gasteiger partial charge is 0.378 e. The van der Waals surface area contributed by atoms with E-state index in [1.807, 2.05) is 34.3 Å². The number of morpholine rings is 2. The van der Waals surface area contributed by atoms with Crippen LogP contribution in [-0.4, -0.2) is 111 Å². The van der Waals surface area contributed by atoms with Crippen molar-refractivity contribution in [2.75, 3.05) is 62.1 Å². The van der Waals surface area contributed by atoms with Crippen LogP contribution in [0.3, 0.4) is 0 Å². The molecule has 0 aliphatic carbocycles. The van der Waals surface area contributed by atoms with Crippen LogP contribution in [-0.2, 0) is 52.0 Å². The Labute approximate surface area is 350 Å². The molecule has 2 aliphatic heterocycles. The maximum Gasteiger partial charge on any atom is 0.263 e. The highest BCUT2D eigenvalue weighted by molar-refractivity contribution is 7.93. The van der Waals surface area contributed by atoms with E-state index in [2.05, 4.69) is 29.8 Å². The molecule has 2 aliphatic rings. The average Bonchev–Trinajstić information content (AvgIpc) is 4.09. The van der Waals surface area contributed by atoms with Gasteiger partial charge in [0, 0.05) is 31.1 Å². The van der Waals surface area contributed by atoms with E-state index in [4.69, 9.17) is 9.47 Å². The van der Waals surface area contributed by atoms with Gasteiger partial charge < -0.3 is 19.3 Å². The quantitative estimate of drug-likeness (QED) is 0.168. The van der Waals surface area contributed by atoms with Crippen LogP contribution in [0.25, 0.3) is 21.6 Å². The van der Waals surface area contributed by atoms with Crippen LogP contribution in [0.1, 0.15) is 10.0 Å². The number of sulfonamides is 2. The van der Waals surface area contributed by atoms with E-state index < -0.39 is 20.0 Å². The molecule has 2 saturated heterocycles. The van der Waals surface area contributed by atoms with Crippen LogP contribution in [0, 0.1) is 0 Å². The highest BCUT2D eigenvalue weighted by atomic mass is 32.2. The number of aromatic nitrogens is 4. The fourth-order valence-corrected chi connectivity index (χ4v) is 11.0. The number of hydrogen-bond acceptors (Lipinski definition) is 16. The molecule has 0 bridgehead atoms. The van der Waals surface area contributed by atoms with Crippen LogP contribution in [0.15, 0.2) is 92.7 Å². The van der Waals surface area contributed by atoms with Gasteiger partial charge in [-0.1, -0.05) is 53.0 Å². The molecule has 6 heterocycles. The van der Waals surface area contributed by atoms with Gasteiger partial charge in [-0.3, -0.25) is 19.0 Å². The van der Waals surface area contributed by atoms with Gasteiger partial charge in [0.2, 0.25) is 22.1 Å². The molecule has 0 saturated carbocycles. The van der Waals surface area contributed by atoms with Gasteiger partial charge in [0.15, 0.2) is 0 Å². The van der Waals surface area contributed by atoms with Gasteiger partial charge in [0.1, 0.15) is 10.0 Å². The Morgan fingerprint density at radius 1 is 0.603 bits per heavy atom. The van der Waals surface area contributed by atoms with Gasteiger partial charge in [-0.05, 0) is 69.2 Å². The number of nitrogens with one attached hydrogen (secondary N) is 2. The minimum atomic E-state index is -3.79. The standard InChI is InChI=1S/2C18H18N4O4S3/c23-17(22-6-8-26-9-7-22)11-16-19-20-18(28-16)21-29(24,25)15-3-1-13(2-4-15)14-5-10-27-12-14;23-17(22-7-9-26-10-8-22)12-16-19-20-18(28-16)21-29(24,25)14-5-3-13(4-6-14)15-2-1-11-27-15/h1-5,10,12H,6-9,11H2,(H,20,21);1-6,11H,7-10,12H2,(H,20,21). The number of amides is 2. The van der Waals surface area contributed by atoms with Crippen LogP contribution in [0.2, 0.25) is 0 Å². The Morgan fingerprint density at radius 3 is 1.52 bits per heavy atom. The monoisotopic (exact) mass is 900 g/mol. The number of benzene rings is 2. The lowest BCUT2D eigenvalue weighted by molar-refractivity contribution is -0.135. The Hall–Kier alpha value is -4.68. The molecule has 0 unspecified atom stereocenters. The second kappa shape index (κ2) is 18.9. The van der Waals surface area contributed by atoms with E-state index in [-0.39, 0.29) is 44.7 Å². The van der Waals surface area contributed by atoms with Gasteiger partial charge in [0.25, 0.3) is 20.0 Å². The number of ether oxygens (including phenoxy) is 2. The second-order valence-electron chi connectivity index (χ2n) is 12.6. The molecule has 304 valence electrons.